The molecule has 17 heavy (non-hydrogen) atoms. The van der Waals surface area contributed by atoms with Crippen LogP contribution in [0.15, 0.2) is 17.9 Å². The van der Waals surface area contributed by atoms with Crippen molar-refractivity contribution in [3.05, 3.63) is 40.4 Å². The van der Waals surface area contributed by atoms with Crippen LogP contribution in [0.5, 0.6) is 0 Å². The molecule has 0 saturated carbocycles. The summed E-state index contributed by atoms with van der Waals surface area (Å²) in [7, 11) is 0. The van der Waals surface area contributed by atoms with Crippen molar-refractivity contribution in [2.24, 2.45) is 0 Å². The molecule has 0 spiro atoms. The largest absolute Gasteiger partial charge is 0.433 e. The number of alkyl halides is 2. The van der Waals surface area contributed by atoms with Gasteiger partial charge in [0.05, 0.1) is 0 Å². The van der Waals surface area contributed by atoms with E-state index in [0.717, 1.165) is 0 Å². The Kier molecular flexibility index (Phi) is 2.68. The lowest BCUT2D eigenvalue weighted by atomic mass is 9.92. The van der Waals surface area contributed by atoms with Crippen LogP contribution in [-0.2, 0) is 10.8 Å². The quantitative estimate of drug-likeness (QED) is 0.711. The minimum atomic E-state index is -3.59. The molecule has 0 bridgehead atoms. The molecule has 0 amide bonds. The van der Waals surface area contributed by atoms with Gasteiger partial charge in [-0.25, -0.2) is 4.39 Å². The van der Waals surface area contributed by atoms with Crippen LogP contribution in [0.1, 0.15) is 37.0 Å². The highest BCUT2D eigenvalue weighted by molar-refractivity contribution is 5.72. The van der Waals surface area contributed by atoms with Crippen LogP contribution in [0.4, 0.5) is 13.2 Å². The van der Waals surface area contributed by atoms with Gasteiger partial charge in [0.1, 0.15) is 17.1 Å². The summed E-state index contributed by atoms with van der Waals surface area (Å²) in [5.74, 6) is -0.723. The highest BCUT2D eigenvalue weighted by atomic mass is 19.3. The number of hydrogen-bond donors (Lipinski definition) is 0. The van der Waals surface area contributed by atoms with Gasteiger partial charge < -0.3 is 4.74 Å². The number of rotatable bonds is 1. The lowest BCUT2D eigenvalue weighted by molar-refractivity contribution is -0.227. The summed E-state index contributed by atoms with van der Waals surface area (Å²) in [6.07, 6.45) is -3.06. The zero-order valence-electron chi connectivity index (χ0n) is 9.90. The highest BCUT2D eigenvalue weighted by Gasteiger charge is 2.44. The molecule has 1 aromatic rings. The summed E-state index contributed by atoms with van der Waals surface area (Å²) in [4.78, 5) is 0. The van der Waals surface area contributed by atoms with E-state index in [2.05, 4.69) is 4.74 Å². The van der Waals surface area contributed by atoms with Crippen molar-refractivity contribution in [1.82, 2.24) is 0 Å². The third-order valence-corrected chi connectivity index (χ3v) is 3.01. The Bertz CT molecular complexity index is 504. The van der Waals surface area contributed by atoms with E-state index in [4.69, 9.17) is 0 Å². The van der Waals surface area contributed by atoms with Gasteiger partial charge in [0.15, 0.2) is 0 Å². The van der Waals surface area contributed by atoms with Gasteiger partial charge in [0.25, 0.3) is 0 Å². The normalized spacial score (nSPS) is 17.8. The van der Waals surface area contributed by atoms with Gasteiger partial charge in [0.2, 0.25) is 0 Å². The molecular formula is C13H13F3O. The summed E-state index contributed by atoms with van der Waals surface area (Å²) in [5.41, 5.74) is 0.441. The Morgan fingerprint density at radius 3 is 2.47 bits per heavy atom. The van der Waals surface area contributed by atoms with Crippen LogP contribution in [0.2, 0.25) is 0 Å². The summed E-state index contributed by atoms with van der Waals surface area (Å²) in [5, 5.41) is 0. The molecule has 0 N–H and O–H groups in total. The SMILES string of the molecule is CCC1=C(C)OC(F)(F)c2c1ccc(C)c2F. The van der Waals surface area contributed by atoms with Gasteiger partial charge in [-0.1, -0.05) is 19.1 Å². The first-order valence-electron chi connectivity index (χ1n) is 5.45. The molecule has 0 atom stereocenters. The van der Waals surface area contributed by atoms with Crippen LogP contribution >= 0.6 is 0 Å². The topological polar surface area (TPSA) is 9.23 Å². The lowest BCUT2D eigenvalue weighted by Crippen LogP contribution is -2.26. The van der Waals surface area contributed by atoms with Gasteiger partial charge in [-0.15, -0.1) is 0 Å². The fraction of sp³-hybridized carbons (Fsp3) is 0.385. The number of ether oxygens (including phenoxy) is 1. The second kappa shape index (κ2) is 3.79. The maximum atomic E-state index is 13.8. The van der Waals surface area contributed by atoms with Crippen molar-refractivity contribution in [3.63, 3.8) is 0 Å². The zero-order valence-corrected chi connectivity index (χ0v) is 9.90. The Balaban J connectivity index is 2.78. The molecule has 1 aliphatic rings. The number of aryl methyl sites for hydroxylation is 1. The first-order chi connectivity index (χ1) is 7.88. The second-order valence-electron chi connectivity index (χ2n) is 4.13. The van der Waals surface area contributed by atoms with Crippen LogP contribution < -0.4 is 0 Å². The molecule has 2 rings (SSSR count). The Morgan fingerprint density at radius 1 is 1.24 bits per heavy atom. The standard InChI is InChI=1S/C13H13F3O/c1-4-9-8(3)17-13(15,16)11-10(9)6-5-7(2)12(11)14/h5-6H,4H2,1-3H3. The van der Waals surface area contributed by atoms with E-state index >= 15 is 0 Å². The second-order valence-corrected chi connectivity index (χ2v) is 4.13. The minimum Gasteiger partial charge on any atom is -0.433 e. The third-order valence-electron chi connectivity index (χ3n) is 3.01. The molecule has 92 valence electrons. The van der Waals surface area contributed by atoms with Gasteiger partial charge in [0, 0.05) is 0 Å². The van der Waals surface area contributed by atoms with Crippen molar-refractivity contribution in [3.8, 4) is 0 Å². The van der Waals surface area contributed by atoms with Crippen molar-refractivity contribution in [2.75, 3.05) is 0 Å². The average Bonchev–Trinajstić information content (AvgIpc) is 2.22. The molecule has 0 saturated heterocycles. The van der Waals surface area contributed by atoms with Gasteiger partial charge in [-0.2, -0.15) is 8.78 Å². The average molecular weight is 242 g/mol. The molecule has 0 fully saturated rings. The molecule has 1 nitrogen and oxygen atoms in total. The van der Waals surface area contributed by atoms with Crippen molar-refractivity contribution in [1.29, 1.82) is 0 Å². The maximum absolute atomic E-state index is 13.8. The number of halogens is 3. The molecule has 0 aromatic heterocycles. The van der Waals surface area contributed by atoms with E-state index in [9.17, 15) is 13.2 Å². The summed E-state index contributed by atoms with van der Waals surface area (Å²) in [6.45, 7) is 4.77. The number of benzene rings is 1. The summed E-state index contributed by atoms with van der Waals surface area (Å²) < 4.78 is 45.8. The van der Waals surface area contributed by atoms with Gasteiger partial charge >= 0.3 is 6.11 Å². The lowest BCUT2D eigenvalue weighted by Gasteiger charge is -2.29. The van der Waals surface area contributed by atoms with Crippen LogP contribution in [-0.4, -0.2) is 0 Å². The molecule has 0 aliphatic carbocycles. The predicted octanol–water partition coefficient (Wildman–Crippen LogP) is 4.35. The van der Waals surface area contributed by atoms with Crippen molar-refractivity contribution >= 4 is 5.57 Å². The first kappa shape index (κ1) is 12.0. The van der Waals surface area contributed by atoms with Crippen LogP contribution in [0, 0.1) is 12.7 Å². The fourth-order valence-corrected chi connectivity index (χ4v) is 2.15. The van der Waals surface area contributed by atoms with E-state index < -0.39 is 17.5 Å². The maximum Gasteiger partial charge on any atom is 0.429 e. The number of hydrogen-bond acceptors (Lipinski definition) is 1. The van der Waals surface area contributed by atoms with E-state index in [0.29, 0.717) is 12.0 Å². The highest BCUT2D eigenvalue weighted by Crippen LogP contribution is 2.45. The van der Waals surface area contributed by atoms with Crippen LogP contribution in [0.3, 0.4) is 0 Å². The number of fused-ring (bicyclic) bond motifs is 1. The van der Waals surface area contributed by atoms with E-state index in [1.54, 1.807) is 0 Å². The van der Waals surface area contributed by atoms with Crippen LogP contribution in [0.25, 0.3) is 5.57 Å². The molecule has 0 unspecified atom stereocenters. The molecule has 0 radical (unpaired) electrons. The van der Waals surface area contributed by atoms with E-state index in [-0.39, 0.29) is 16.9 Å². The Morgan fingerprint density at radius 2 is 1.88 bits per heavy atom. The first-order valence-corrected chi connectivity index (χ1v) is 5.45. The van der Waals surface area contributed by atoms with Gasteiger partial charge in [-0.3, -0.25) is 0 Å². The molecular weight excluding hydrogens is 229 g/mol. The molecule has 1 heterocycles. The monoisotopic (exact) mass is 242 g/mol. The zero-order chi connectivity index (χ0) is 12.8. The minimum absolute atomic E-state index is 0.160. The molecule has 1 aliphatic heterocycles. The smallest absolute Gasteiger partial charge is 0.429 e. The third kappa shape index (κ3) is 1.72. The fourth-order valence-electron chi connectivity index (χ4n) is 2.15. The predicted molar refractivity (Wildman–Crippen MR) is 59.0 cm³/mol. The Labute approximate surface area is 97.9 Å². The number of allylic oxidation sites excluding steroid dienone is 2. The molecule has 1 aromatic carbocycles. The summed E-state index contributed by atoms with van der Waals surface area (Å²) in [6, 6.07) is 3.05. The van der Waals surface area contributed by atoms with Crippen molar-refractivity contribution in [2.45, 2.75) is 33.3 Å². The molecule has 4 heteroatoms. The van der Waals surface area contributed by atoms with E-state index in [1.807, 2.05) is 6.92 Å². The van der Waals surface area contributed by atoms with Gasteiger partial charge in [-0.05, 0) is 37.0 Å². The summed E-state index contributed by atoms with van der Waals surface area (Å²) >= 11 is 0. The van der Waals surface area contributed by atoms with E-state index in [1.165, 1.54) is 26.0 Å². The Hall–Kier alpha value is -1.45. The van der Waals surface area contributed by atoms with Crippen molar-refractivity contribution < 1.29 is 17.9 Å².